The van der Waals surface area contributed by atoms with Gasteiger partial charge in [-0.2, -0.15) is 0 Å². The van der Waals surface area contributed by atoms with Crippen molar-refractivity contribution in [2.75, 3.05) is 31.6 Å². The number of ether oxygens (including phenoxy) is 1. The van der Waals surface area contributed by atoms with Crippen LogP contribution in [0.1, 0.15) is 6.92 Å². The van der Waals surface area contributed by atoms with Crippen LogP contribution in [-0.2, 0) is 9.53 Å². The largest absolute Gasteiger partial charge is 0.375 e. The molecule has 1 aliphatic rings. The Morgan fingerprint density at radius 1 is 1.42 bits per heavy atom. The topological polar surface area (TPSA) is 80.0 Å². The molecule has 1 atom stereocenters. The molecule has 1 aliphatic heterocycles. The lowest BCUT2D eigenvalue weighted by molar-refractivity contribution is -0.114. The van der Waals surface area contributed by atoms with Crippen molar-refractivity contribution < 1.29 is 22.7 Å². The maximum atomic E-state index is 13.4. The zero-order valence-corrected chi connectivity index (χ0v) is 15.2. The summed E-state index contributed by atoms with van der Waals surface area (Å²) in [5.74, 6) is -4.96. The molecule has 1 saturated heterocycles. The highest BCUT2D eigenvalue weighted by Crippen LogP contribution is 2.19. The van der Waals surface area contributed by atoms with E-state index in [0.717, 1.165) is 12.1 Å². The van der Waals surface area contributed by atoms with Crippen LogP contribution in [0.4, 0.5) is 18.9 Å². The average Bonchev–Trinajstić information content (AvgIpc) is 2.53. The number of hydrogen-bond donors (Lipinski definition) is 2. The Morgan fingerprint density at radius 2 is 2.12 bits per heavy atom. The number of halogens is 4. The average molecular weight is 458 g/mol. The summed E-state index contributed by atoms with van der Waals surface area (Å²) in [6.45, 7) is 3.13. The molecular formula is C14H18F3IN4O2. The molecule has 1 heterocycles. The van der Waals surface area contributed by atoms with Crippen LogP contribution in [0.2, 0.25) is 0 Å². The number of carbonyl (C=O) groups excluding carboxylic acids is 1. The molecule has 24 heavy (non-hydrogen) atoms. The van der Waals surface area contributed by atoms with Crippen LogP contribution in [0.15, 0.2) is 17.1 Å². The second kappa shape index (κ2) is 9.06. The Bertz CT molecular complexity index is 630. The number of nitrogens with two attached hydrogens (primary N) is 1. The molecule has 1 aromatic carbocycles. The summed E-state index contributed by atoms with van der Waals surface area (Å²) >= 11 is 0. The first-order valence-corrected chi connectivity index (χ1v) is 6.98. The van der Waals surface area contributed by atoms with Crippen molar-refractivity contribution in [1.29, 1.82) is 0 Å². The Hall–Kier alpha value is -1.56. The summed E-state index contributed by atoms with van der Waals surface area (Å²) in [6.07, 6.45) is 0.00242. The number of morpholine rings is 1. The number of benzene rings is 1. The zero-order valence-electron chi connectivity index (χ0n) is 12.9. The second-order valence-electron chi connectivity index (χ2n) is 5.07. The number of rotatable bonds is 3. The van der Waals surface area contributed by atoms with Gasteiger partial charge >= 0.3 is 0 Å². The zero-order chi connectivity index (χ0) is 17.0. The summed E-state index contributed by atoms with van der Waals surface area (Å²) in [7, 11) is 0. The lowest BCUT2D eigenvalue weighted by atomic mass is 10.2. The first kappa shape index (κ1) is 20.5. The van der Waals surface area contributed by atoms with E-state index in [1.165, 1.54) is 0 Å². The highest BCUT2D eigenvalue weighted by Gasteiger charge is 2.19. The third-order valence-electron chi connectivity index (χ3n) is 3.26. The second-order valence-corrected chi connectivity index (χ2v) is 5.07. The Labute approximate surface area is 154 Å². The Morgan fingerprint density at radius 3 is 2.79 bits per heavy atom. The van der Waals surface area contributed by atoms with Gasteiger partial charge in [-0.1, -0.05) is 0 Å². The van der Waals surface area contributed by atoms with E-state index in [1.54, 1.807) is 4.90 Å². The first-order chi connectivity index (χ1) is 10.9. The van der Waals surface area contributed by atoms with Crippen LogP contribution in [-0.4, -0.2) is 49.1 Å². The fraction of sp³-hybridized carbons (Fsp3) is 0.429. The molecule has 2 rings (SSSR count). The minimum Gasteiger partial charge on any atom is -0.375 e. The number of nitrogens with one attached hydrogen (secondary N) is 1. The molecule has 0 spiro atoms. The van der Waals surface area contributed by atoms with Gasteiger partial charge in [0, 0.05) is 13.1 Å². The van der Waals surface area contributed by atoms with E-state index in [4.69, 9.17) is 10.5 Å². The van der Waals surface area contributed by atoms with Gasteiger partial charge in [-0.25, -0.2) is 18.2 Å². The molecule has 0 saturated carbocycles. The molecule has 1 fully saturated rings. The molecule has 1 amide bonds. The van der Waals surface area contributed by atoms with Gasteiger partial charge in [0.15, 0.2) is 23.4 Å². The summed E-state index contributed by atoms with van der Waals surface area (Å²) in [6, 6.07) is 1.66. The molecule has 3 N–H and O–H groups in total. The van der Waals surface area contributed by atoms with Crippen LogP contribution < -0.4 is 11.1 Å². The van der Waals surface area contributed by atoms with E-state index in [9.17, 15) is 18.0 Å². The van der Waals surface area contributed by atoms with Gasteiger partial charge in [-0.05, 0) is 19.1 Å². The number of aliphatic imine (C=N–C) groups is 1. The maximum Gasteiger partial charge on any atom is 0.246 e. The van der Waals surface area contributed by atoms with Crippen molar-refractivity contribution in [2.45, 2.75) is 13.0 Å². The molecule has 0 aromatic heterocycles. The van der Waals surface area contributed by atoms with Crippen LogP contribution in [0, 0.1) is 17.5 Å². The van der Waals surface area contributed by atoms with E-state index in [-0.39, 0.29) is 42.6 Å². The third kappa shape index (κ3) is 5.23. The first-order valence-electron chi connectivity index (χ1n) is 6.98. The number of nitrogens with zero attached hydrogens (tertiary/aromatic N) is 2. The van der Waals surface area contributed by atoms with Gasteiger partial charge < -0.3 is 20.7 Å². The van der Waals surface area contributed by atoms with E-state index >= 15 is 0 Å². The maximum absolute atomic E-state index is 13.4. The van der Waals surface area contributed by atoms with Crippen molar-refractivity contribution in [3.05, 3.63) is 29.6 Å². The van der Waals surface area contributed by atoms with Crippen LogP contribution in [0.5, 0.6) is 0 Å². The Balaban J connectivity index is 0.00000288. The molecule has 0 radical (unpaired) electrons. The van der Waals surface area contributed by atoms with E-state index in [2.05, 4.69) is 10.3 Å². The summed E-state index contributed by atoms with van der Waals surface area (Å²) < 4.78 is 44.7. The number of hydrogen-bond acceptors (Lipinski definition) is 3. The molecular weight excluding hydrogens is 440 g/mol. The minimum atomic E-state index is -1.65. The normalized spacial score (nSPS) is 18.1. The van der Waals surface area contributed by atoms with E-state index in [1.807, 2.05) is 6.92 Å². The molecule has 6 nitrogen and oxygen atoms in total. The van der Waals surface area contributed by atoms with Gasteiger partial charge in [0.1, 0.15) is 6.54 Å². The minimum absolute atomic E-state index is 0. The predicted octanol–water partition coefficient (Wildman–Crippen LogP) is 1.70. The van der Waals surface area contributed by atoms with E-state index in [0.29, 0.717) is 19.7 Å². The van der Waals surface area contributed by atoms with Crippen LogP contribution in [0.25, 0.3) is 0 Å². The van der Waals surface area contributed by atoms with Gasteiger partial charge in [0.2, 0.25) is 5.91 Å². The fourth-order valence-electron chi connectivity index (χ4n) is 2.09. The van der Waals surface area contributed by atoms with Gasteiger partial charge in [0.25, 0.3) is 0 Å². The van der Waals surface area contributed by atoms with Crippen molar-refractivity contribution in [3.8, 4) is 0 Å². The number of amides is 1. The molecule has 10 heteroatoms. The van der Waals surface area contributed by atoms with Crippen molar-refractivity contribution in [3.63, 3.8) is 0 Å². The molecule has 1 unspecified atom stereocenters. The SMILES string of the molecule is CC1CN(C(N)=NCC(=O)Nc2ccc(F)c(F)c2F)CCO1.I. The van der Waals surface area contributed by atoms with Crippen LogP contribution >= 0.6 is 24.0 Å². The molecule has 0 bridgehead atoms. The van der Waals surface area contributed by atoms with Gasteiger partial charge in [0.05, 0.1) is 18.4 Å². The smallest absolute Gasteiger partial charge is 0.246 e. The van der Waals surface area contributed by atoms with Crippen LogP contribution in [0.3, 0.4) is 0 Å². The number of anilines is 1. The molecule has 1 aromatic rings. The van der Waals surface area contributed by atoms with Crippen molar-refractivity contribution in [1.82, 2.24) is 4.90 Å². The predicted molar refractivity (Wildman–Crippen MR) is 93.8 cm³/mol. The molecule has 134 valence electrons. The van der Waals surface area contributed by atoms with Gasteiger partial charge in [-0.15, -0.1) is 24.0 Å². The molecule has 0 aliphatic carbocycles. The van der Waals surface area contributed by atoms with Crippen molar-refractivity contribution in [2.24, 2.45) is 10.7 Å². The quantitative estimate of drug-likeness (QED) is 0.313. The van der Waals surface area contributed by atoms with E-state index < -0.39 is 29.0 Å². The summed E-state index contributed by atoms with van der Waals surface area (Å²) in [4.78, 5) is 17.4. The lowest BCUT2D eigenvalue weighted by Crippen LogP contribution is -2.48. The highest BCUT2D eigenvalue weighted by atomic mass is 127. The monoisotopic (exact) mass is 458 g/mol. The number of carbonyl (C=O) groups is 1. The fourth-order valence-corrected chi connectivity index (χ4v) is 2.09. The Kier molecular flexibility index (Phi) is 7.73. The van der Waals surface area contributed by atoms with Crippen molar-refractivity contribution >= 4 is 41.5 Å². The lowest BCUT2D eigenvalue weighted by Gasteiger charge is -2.31. The standard InChI is InChI=1S/C14H17F3N4O2.HI/c1-8-7-21(4-5-23-8)14(18)19-6-11(22)20-10-3-2-9(15)12(16)13(10)17;/h2-3,8H,4-7H2,1H3,(H2,18,19)(H,20,22);1H. The van der Waals surface area contributed by atoms with Gasteiger partial charge in [-0.3, -0.25) is 4.79 Å². The highest BCUT2D eigenvalue weighted by molar-refractivity contribution is 14.0. The summed E-state index contributed by atoms with van der Waals surface area (Å²) in [5, 5.41) is 2.12. The number of guanidine groups is 1. The summed E-state index contributed by atoms with van der Waals surface area (Å²) in [5.41, 5.74) is 5.33. The third-order valence-corrected chi connectivity index (χ3v) is 3.26.